The van der Waals surface area contributed by atoms with Gasteiger partial charge in [-0.15, -0.1) is 0 Å². The van der Waals surface area contributed by atoms with E-state index in [1.807, 2.05) is 4.72 Å². The Bertz CT molecular complexity index is 585. The normalized spacial score (nSPS) is 14.2. The highest BCUT2D eigenvalue weighted by atomic mass is 32.2. The second kappa shape index (κ2) is 6.76. The molecule has 0 aliphatic rings. The molecule has 1 atom stereocenters. The summed E-state index contributed by atoms with van der Waals surface area (Å²) in [6, 6.07) is 3.14. The number of nitrogens with one attached hydrogen (secondary N) is 1. The molecule has 0 spiro atoms. The Morgan fingerprint density at radius 2 is 1.95 bits per heavy atom. The van der Waals surface area contributed by atoms with E-state index in [9.17, 15) is 21.6 Å². The van der Waals surface area contributed by atoms with Crippen LogP contribution in [0.25, 0.3) is 0 Å². The molecule has 0 saturated heterocycles. The third-order valence-electron chi connectivity index (χ3n) is 2.88. The van der Waals surface area contributed by atoms with E-state index in [2.05, 4.69) is 0 Å². The molecule has 0 aliphatic carbocycles. The van der Waals surface area contributed by atoms with Gasteiger partial charge in [0.1, 0.15) is 0 Å². The van der Waals surface area contributed by atoms with Gasteiger partial charge in [0.15, 0.2) is 0 Å². The Morgan fingerprint density at radius 1 is 1.33 bits per heavy atom. The summed E-state index contributed by atoms with van der Waals surface area (Å²) in [5.41, 5.74) is 0.870. The average molecular weight is 325 g/mol. The second-order valence-corrected chi connectivity index (χ2v) is 6.48. The fraction of sp³-hybridized carbons (Fsp3) is 0.538. The number of hydrogen-bond donors (Lipinski definition) is 2. The van der Waals surface area contributed by atoms with Crippen LogP contribution in [0.3, 0.4) is 0 Å². The zero-order valence-corrected chi connectivity index (χ0v) is 12.6. The number of rotatable bonds is 6. The van der Waals surface area contributed by atoms with Crippen LogP contribution in [0.1, 0.15) is 31.4 Å². The van der Waals surface area contributed by atoms with E-state index < -0.39 is 28.7 Å². The molecule has 0 saturated carbocycles. The molecule has 8 heteroatoms. The van der Waals surface area contributed by atoms with Crippen molar-refractivity contribution in [3.63, 3.8) is 0 Å². The largest absolute Gasteiger partial charge is 0.392 e. The quantitative estimate of drug-likeness (QED) is 0.844. The van der Waals surface area contributed by atoms with Crippen molar-refractivity contribution in [1.29, 1.82) is 0 Å². The molecule has 1 unspecified atom stereocenters. The molecule has 120 valence electrons. The van der Waals surface area contributed by atoms with Crippen LogP contribution >= 0.6 is 0 Å². The van der Waals surface area contributed by atoms with Gasteiger partial charge in [0.25, 0.3) is 0 Å². The first-order chi connectivity index (χ1) is 9.59. The maximum atomic E-state index is 12.3. The van der Waals surface area contributed by atoms with Crippen LogP contribution in [0.5, 0.6) is 0 Å². The molecule has 4 nitrogen and oxygen atoms in total. The van der Waals surface area contributed by atoms with E-state index in [-0.39, 0.29) is 11.5 Å². The number of alkyl halides is 3. The van der Waals surface area contributed by atoms with Crippen molar-refractivity contribution in [1.82, 2.24) is 4.72 Å². The molecule has 0 aromatic heterocycles. The van der Waals surface area contributed by atoms with Gasteiger partial charge in [-0.2, -0.15) is 13.2 Å². The van der Waals surface area contributed by atoms with E-state index in [4.69, 9.17) is 5.11 Å². The molecular formula is C13H18F3NO3S. The monoisotopic (exact) mass is 325 g/mol. The minimum Gasteiger partial charge on any atom is -0.392 e. The van der Waals surface area contributed by atoms with E-state index in [0.29, 0.717) is 17.5 Å². The van der Waals surface area contributed by atoms with Crippen molar-refractivity contribution in [3.05, 3.63) is 29.3 Å². The summed E-state index contributed by atoms with van der Waals surface area (Å²) in [5, 5.41) is 9.06. The van der Waals surface area contributed by atoms with E-state index in [1.54, 1.807) is 19.1 Å². The first kappa shape index (κ1) is 17.9. The highest BCUT2D eigenvalue weighted by Crippen LogP contribution is 2.23. The molecule has 0 aliphatic heterocycles. The molecule has 1 aromatic rings. The summed E-state index contributed by atoms with van der Waals surface area (Å²) >= 11 is 0. The molecule has 1 aromatic carbocycles. The molecular weight excluding hydrogens is 307 g/mol. The number of halogens is 3. The van der Waals surface area contributed by atoms with Crippen LogP contribution < -0.4 is 4.72 Å². The summed E-state index contributed by atoms with van der Waals surface area (Å²) in [7, 11) is -4.07. The van der Waals surface area contributed by atoms with Crippen molar-refractivity contribution in [2.45, 2.75) is 50.4 Å². The van der Waals surface area contributed by atoms with Crippen LogP contribution in [0.2, 0.25) is 0 Å². The summed E-state index contributed by atoms with van der Waals surface area (Å²) < 4.78 is 63.3. The van der Waals surface area contributed by atoms with Crippen molar-refractivity contribution >= 4 is 10.0 Å². The zero-order valence-electron chi connectivity index (χ0n) is 11.7. The number of aryl methyl sites for hydroxylation is 1. The van der Waals surface area contributed by atoms with E-state index in [0.717, 1.165) is 6.92 Å². The first-order valence-corrected chi connectivity index (χ1v) is 7.89. The fourth-order valence-corrected chi connectivity index (χ4v) is 3.56. The summed E-state index contributed by atoms with van der Waals surface area (Å²) in [4.78, 5) is -0.0921. The number of benzene rings is 1. The van der Waals surface area contributed by atoms with Gasteiger partial charge in [0.05, 0.1) is 17.9 Å². The second-order valence-electron chi connectivity index (χ2n) is 4.80. The highest BCUT2D eigenvalue weighted by molar-refractivity contribution is 7.89. The average Bonchev–Trinajstić information content (AvgIpc) is 2.34. The Labute approximate surface area is 122 Å². The maximum absolute atomic E-state index is 12.3. The highest BCUT2D eigenvalue weighted by Gasteiger charge is 2.32. The molecule has 0 amide bonds. The topological polar surface area (TPSA) is 66.4 Å². The van der Waals surface area contributed by atoms with Gasteiger partial charge in [0, 0.05) is 6.04 Å². The maximum Gasteiger partial charge on any atom is 0.390 e. The number of hydrogen-bond acceptors (Lipinski definition) is 3. The van der Waals surface area contributed by atoms with Gasteiger partial charge in [-0.05, 0) is 30.5 Å². The molecule has 0 bridgehead atoms. The van der Waals surface area contributed by atoms with Crippen molar-refractivity contribution < 1.29 is 26.7 Å². The number of sulfonamides is 1. The Morgan fingerprint density at radius 3 is 2.43 bits per heavy atom. The third kappa shape index (κ3) is 5.29. The predicted molar refractivity (Wildman–Crippen MR) is 72.2 cm³/mol. The smallest absolute Gasteiger partial charge is 0.390 e. The molecule has 21 heavy (non-hydrogen) atoms. The predicted octanol–water partition coefficient (Wildman–Crippen LogP) is 2.36. The molecule has 0 fully saturated rings. The van der Waals surface area contributed by atoms with E-state index >= 15 is 0 Å². The van der Waals surface area contributed by atoms with E-state index in [1.165, 1.54) is 6.07 Å². The zero-order chi connectivity index (χ0) is 16.3. The van der Waals surface area contributed by atoms with Crippen LogP contribution in [0.15, 0.2) is 23.1 Å². The Kier molecular flexibility index (Phi) is 5.77. The Hall–Kier alpha value is -1.12. The number of aliphatic hydroxyl groups excluding tert-OH is 1. The van der Waals surface area contributed by atoms with Gasteiger partial charge >= 0.3 is 6.18 Å². The summed E-state index contributed by atoms with van der Waals surface area (Å²) in [6.07, 6.45) is -5.27. The van der Waals surface area contributed by atoms with Crippen molar-refractivity contribution in [2.24, 2.45) is 0 Å². The van der Waals surface area contributed by atoms with Crippen molar-refractivity contribution in [2.75, 3.05) is 0 Å². The van der Waals surface area contributed by atoms with Crippen LogP contribution in [-0.2, 0) is 23.1 Å². The standard InChI is InChI=1S/C13H18F3NO3S/c1-3-11-5-4-10(8-18)6-12(11)21(19,20)17-9(2)7-13(14,15)16/h4-6,9,17-18H,3,7-8H2,1-2H3. The lowest BCUT2D eigenvalue weighted by Gasteiger charge is -2.17. The Balaban J connectivity index is 3.07. The molecule has 2 N–H and O–H groups in total. The fourth-order valence-electron chi connectivity index (χ4n) is 1.96. The molecule has 1 rings (SSSR count). The lowest BCUT2D eigenvalue weighted by Crippen LogP contribution is -2.36. The van der Waals surface area contributed by atoms with Gasteiger partial charge in [-0.1, -0.05) is 19.1 Å². The summed E-state index contributed by atoms with van der Waals surface area (Å²) in [6.45, 7) is 2.56. The van der Waals surface area contributed by atoms with Crippen molar-refractivity contribution in [3.8, 4) is 0 Å². The first-order valence-electron chi connectivity index (χ1n) is 6.40. The van der Waals surface area contributed by atoms with Gasteiger partial charge < -0.3 is 5.11 Å². The third-order valence-corrected chi connectivity index (χ3v) is 4.55. The van der Waals surface area contributed by atoms with Crippen LogP contribution in [0, 0.1) is 0 Å². The lowest BCUT2D eigenvalue weighted by atomic mass is 10.1. The van der Waals surface area contributed by atoms with Crippen LogP contribution in [-0.4, -0.2) is 25.7 Å². The van der Waals surface area contributed by atoms with Gasteiger partial charge in [0.2, 0.25) is 10.0 Å². The minimum atomic E-state index is -4.44. The lowest BCUT2D eigenvalue weighted by molar-refractivity contribution is -0.137. The minimum absolute atomic E-state index is 0.0921. The van der Waals surface area contributed by atoms with Gasteiger partial charge in [-0.25, -0.2) is 13.1 Å². The van der Waals surface area contributed by atoms with Crippen LogP contribution in [0.4, 0.5) is 13.2 Å². The molecule has 0 heterocycles. The number of aliphatic hydroxyl groups is 1. The molecule has 0 radical (unpaired) electrons. The van der Waals surface area contributed by atoms with Gasteiger partial charge in [-0.3, -0.25) is 0 Å². The summed E-state index contributed by atoms with van der Waals surface area (Å²) in [5.74, 6) is 0. The SMILES string of the molecule is CCc1ccc(CO)cc1S(=O)(=O)NC(C)CC(F)(F)F.